The fraction of sp³-hybridized carbons (Fsp3) is 0.550. The lowest BCUT2D eigenvalue weighted by molar-refractivity contribution is -0.116. The van der Waals surface area contributed by atoms with E-state index < -0.39 is 5.66 Å². The molecule has 1 heterocycles. The van der Waals surface area contributed by atoms with Gasteiger partial charge < -0.3 is 16.8 Å². The van der Waals surface area contributed by atoms with E-state index in [4.69, 9.17) is 16.5 Å². The van der Waals surface area contributed by atoms with Crippen LogP contribution in [0.15, 0.2) is 28.2 Å². The SMILES string of the molecule is CCCCC(=O)Nc1ccc(N2C(N)=NC(N)=NC23CCCCC3)cc1C. The molecular formula is C20H30N6O. The summed E-state index contributed by atoms with van der Waals surface area (Å²) in [5.41, 5.74) is 14.5. The fourth-order valence-corrected chi connectivity index (χ4v) is 3.97. The summed E-state index contributed by atoms with van der Waals surface area (Å²) in [5, 5.41) is 3.00. The Balaban J connectivity index is 1.87. The van der Waals surface area contributed by atoms with Gasteiger partial charge in [-0.25, -0.2) is 4.99 Å². The summed E-state index contributed by atoms with van der Waals surface area (Å²) in [6.07, 6.45) is 7.62. The molecule has 1 aliphatic carbocycles. The van der Waals surface area contributed by atoms with Crippen LogP contribution in [0.2, 0.25) is 0 Å². The van der Waals surface area contributed by atoms with Crippen LogP contribution in [0, 0.1) is 6.92 Å². The minimum Gasteiger partial charge on any atom is -0.369 e. The number of nitrogens with zero attached hydrogens (tertiary/aromatic N) is 3. The topological polar surface area (TPSA) is 109 Å². The zero-order chi connectivity index (χ0) is 19.4. The molecule has 0 unspecified atom stereocenters. The van der Waals surface area contributed by atoms with Gasteiger partial charge >= 0.3 is 0 Å². The van der Waals surface area contributed by atoms with Crippen LogP contribution in [0.4, 0.5) is 11.4 Å². The van der Waals surface area contributed by atoms with Crippen LogP contribution in [-0.4, -0.2) is 23.5 Å². The number of aliphatic imine (C=N–C) groups is 2. The van der Waals surface area contributed by atoms with E-state index in [2.05, 4.69) is 17.2 Å². The molecule has 1 aromatic carbocycles. The van der Waals surface area contributed by atoms with Gasteiger partial charge in [0.25, 0.3) is 0 Å². The molecule has 5 N–H and O–H groups in total. The van der Waals surface area contributed by atoms with Crippen molar-refractivity contribution in [3.8, 4) is 0 Å². The van der Waals surface area contributed by atoms with Gasteiger partial charge in [-0.05, 0) is 62.8 Å². The van der Waals surface area contributed by atoms with Crippen molar-refractivity contribution < 1.29 is 4.79 Å². The highest BCUT2D eigenvalue weighted by Crippen LogP contribution is 2.40. The Hall–Kier alpha value is -2.57. The molecule has 1 fully saturated rings. The number of hydrogen-bond donors (Lipinski definition) is 3. The number of aryl methyl sites for hydroxylation is 1. The van der Waals surface area contributed by atoms with E-state index >= 15 is 0 Å². The van der Waals surface area contributed by atoms with Crippen molar-refractivity contribution in [3.05, 3.63) is 23.8 Å². The molecule has 2 aliphatic rings. The van der Waals surface area contributed by atoms with Gasteiger partial charge in [0.05, 0.1) is 0 Å². The predicted octanol–water partition coefficient (Wildman–Crippen LogP) is 3.23. The first kappa shape index (κ1) is 19.2. The summed E-state index contributed by atoms with van der Waals surface area (Å²) in [7, 11) is 0. The Kier molecular flexibility index (Phi) is 5.68. The largest absolute Gasteiger partial charge is 0.369 e. The lowest BCUT2D eigenvalue weighted by atomic mass is 9.87. The number of anilines is 2. The summed E-state index contributed by atoms with van der Waals surface area (Å²) in [6, 6.07) is 5.93. The third kappa shape index (κ3) is 4.07. The molecule has 3 rings (SSSR count). The fourth-order valence-electron chi connectivity index (χ4n) is 3.97. The number of hydrogen-bond acceptors (Lipinski definition) is 6. The van der Waals surface area contributed by atoms with Crippen molar-refractivity contribution >= 4 is 29.2 Å². The van der Waals surface area contributed by atoms with Crippen molar-refractivity contribution in [2.75, 3.05) is 10.2 Å². The predicted molar refractivity (Wildman–Crippen MR) is 111 cm³/mol. The van der Waals surface area contributed by atoms with Crippen LogP contribution in [0.3, 0.4) is 0 Å². The number of rotatable bonds is 5. The highest BCUT2D eigenvalue weighted by molar-refractivity contribution is 6.05. The third-order valence-corrected chi connectivity index (χ3v) is 5.35. The lowest BCUT2D eigenvalue weighted by Gasteiger charge is -2.45. The lowest BCUT2D eigenvalue weighted by Crippen LogP contribution is -2.58. The van der Waals surface area contributed by atoms with E-state index in [1.807, 2.05) is 30.0 Å². The highest BCUT2D eigenvalue weighted by atomic mass is 16.1. The van der Waals surface area contributed by atoms with E-state index in [0.29, 0.717) is 12.4 Å². The molecule has 0 bridgehead atoms. The van der Waals surface area contributed by atoms with Crippen molar-refractivity contribution in [2.45, 2.75) is 70.9 Å². The molecule has 1 spiro atoms. The summed E-state index contributed by atoms with van der Waals surface area (Å²) < 4.78 is 0. The van der Waals surface area contributed by atoms with Gasteiger partial charge in [-0.15, -0.1) is 0 Å². The number of carbonyl (C=O) groups excluding carboxylic acids is 1. The van der Waals surface area contributed by atoms with Crippen molar-refractivity contribution in [1.29, 1.82) is 0 Å². The quantitative estimate of drug-likeness (QED) is 0.739. The van der Waals surface area contributed by atoms with Gasteiger partial charge in [0, 0.05) is 17.8 Å². The standard InChI is InChI=1S/C20H30N6O/c1-3-4-8-17(27)23-16-10-9-15(13-14(16)2)26-19(22)24-18(21)25-20(26)11-6-5-7-12-20/h9-10,13H,3-8,11-12H2,1-2H3,(H,23,27)(H4,21,22,24,25). The summed E-state index contributed by atoms with van der Waals surface area (Å²) in [5.74, 6) is 0.679. The zero-order valence-corrected chi connectivity index (χ0v) is 16.3. The average Bonchev–Trinajstić information content (AvgIpc) is 2.62. The maximum atomic E-state index is 12.0. The molecule has 0 radical (unpaired) electrons. The first-order chi connectivity index (χ1) is 12.9. The first-order valence-electron chi connectivity index (χ1n) is 9.85. The molecule has 0 saturated heterocycles. The Morgan fingerprint density at radius 3 is 2.67 bits per heavy atom. The highest BCUT2D eigenvalue weighted by Gasteiger charge is 2.42. The number of carbonyl (C=O) groups is 1. The molecule has 1 aliphatic heterocycles. The number of unbranched alkanes of at least 4 members (excludes halogenated alkanes) is 1. The maximum Gasteiger partial charge on any atom is 0.224 e. The molecule has 146 valence electrons. The molecule has 7 nitrogen and oxygen atoms in total. The number of amides is 1. The van der Waals surface area contributed by atoms with Crippen LogP contribution < -0.4 is 21.7 Å². The summed E-state index contributed by atoms with van der Waals surface area (Å²) >= 11 is 0. The first-order valence-corrected chi connectivity index (χ1v) is 9.85. The van der Waals surface area contributed by atoms with Crippen LogP contribution in [0.1, 0.15) is 63.9 Å². The zero-order valence-electron chi connectivity index (χ0n) is 16.3. The van der Waals surface area contributed by atoms with Gasteiger partial charge in [-0.3, -0.25) is 9.69 Å². The Labute approximate surface area is 160 Å². The molecule has 1 saturated carbocycles. The molecule has 0 atom stereocenters. The number of nitrogens with one attached hydrogen (secondary N) is 1. The van der Waals surface area contributed by atoms with Gasteiger partial charge in [0.15, 0.2) is 0 Å². The van der Waals surface area contributed by atoms with Crippen LogP contribution in [0.25, 0.3) is 0 Å². The van der Waals surface area contributed by atoms with Gasteiger partial charge in [0.1, 0.15) is 5.66 Å². The molecule has 1 amide bonds. The minimum atomic E-state index is -0.452. The summed E-state index contributed by atoms with van der Waals surface area (Å²) in [4.78, 5) is 23.0. The Morgan fingerprint density at radius 2 is 2.00 bits per heavy atom. The van der Waals surface area contributed by atoms with Crippen LogP contribution >= 0.6 is 0 Å². The van der Waals surface area contributed by atoms with E-state index in [1.54, 1.807) is 0 Å². The molecule has 0 aromatic heterocycles. The van der Waals surface area contributed by atoms with Crippen molar-refractivity contribution in [3.63, 3.8) is 0 Å². The van der Waals surface area contributed by atoms with Gasteiger partial charge in [-0.2, -0.15) is 4.99 Å². The van der Waals surface area contributed by atoms with Crippen LogP contribution in [-0.2, 0) is 4.79 Å². The third-order valence-electron chi connectivity index (χ3n) is 5.35. The second-order valence-corrected chi connectivity index (χ2v) is 7.47. The normalized spacial score (nSPS) is 18.8. The smallest absolute Gasteiger partial charge is 0.224 e. The molecular weight excluding hydrogens is 340 g/mol. The van der Waals surface area contributed by atoms with Crippen molar-refractivity contribution in [1.82, 2.24) is 0 Å². The summed E-state index contributed by atoms with van der Waals surface area (Å²) in [6.45, 7) is 4.07. The van der Waals surface area contributed by atoms with Gasteiger partial charge in [-0.1, -0.05) is 19.8 Å². The van der Waals surface area contributed by atoms with Gasteiger partial charge in [0.2, 0.25) is 17.8 Å². The van der Waals surface area contributed by atoms with E-state index in [0.717, 1.165) is 55.5 Å². The maximum absolute atomic E-state index is 12.0. The average molecular weight is 371 g/mol. The Bertz CT molecular complexity index is 764. The number of guanidine groups is 2. The monoisotopic (exact) mass is 370 g/mol. The van der Waals surface area contributed by atoms with E-state index in [9.17, 15) is 4.79 Å². The number of nitrogens with two attached hydrogens (primary N) is 2. The Morgan fingerprint density at radius 1 is 1.26 bits per heavy atom. The second kappa shape index (κ2) is 7.98. The minimum absolute atomic E-state index is 0.0490. The van der Waals surface area contributed by atoms with Crippen LogP contribution in [0.5, 0.6) is 0 Å². The molecule has 27 heavy (non-hydrogen) atoms. The van der Waals surface area contributed by atoms with E-state index in [1.165, 1.54) is 6.42 Å². The molecule has 1 aromatic rings. The second-order valence-electron chi connectivity index (χ2n) is 7.47. The number of benzene rings is 1. The van der Waals surface area contributed by atoms with E-state index in [-0.39, 0.29) is 11.9 Å². The molecule has 7 heteroatoms. The van der Waals surface area contributed by atoms with Crippen molar-refractivity contribution in [2.24, 2.45) is 21.5 Å².